The number of hydrogen-bond donors (Lipinski definition) is 0. The van der Waals surface area contributed by atoms with E-state index >= 15 is 0 Å². The van der Waals surface area contributed by atoms with Crippen molar-refractivity contribution in [2.24, 2.45) is 0 Å². The summed E-state index contributed by atoms with van der Waals surface area (Å²) in [6, 6.07) is 7.55. The smallest absolute Gasteiger partial charge is 0.354 e. The first-order chi connectivity index (χ1) is 8.22. The van der Waals surface area contributed by atoms with Crippen molar-refractivity contribution >= 4 is 5.97 Å². The number of carbonyl (C=O) groups excluding carboxylic acids is 1. The van der Waals surface area contributed by atoms with Gasteiger partial charge in [-0.3, -0.25) is 4.98 Å². The van der Waals surface area contributed by atoms with Gasteiger partial charge in [-0.25, -0.2) is 4.79 Å². The number of nitrogens with zero attached hydrogens (tertiary/aromatic N) is 2. The molecule has 0 amide bonds. The van der Waals surface area contributed by atoms with Crippen molar-refractivity contribution in [2.45, 2.75) is 13.5 Å². The van der Waals surface area contributed by atoms with Crippen molar-refractivity contribution in [3.05, 3.63) is 53.6 Å². The lowest BCUT2D eigenvalue weighted by molar-refractivity contribution is 0.0588. The third-order valence-corrected chi connectivity index (χ3v) is 2.68. The third kappa shape index (κ3) is 2.36. The quantitative estimate of drug-likeness (QED) is 0.758. The number of methoxy groups -OCH3 is 1. The van der Waals surface area contributed by atoms with Gasteiger partial charge in [-0.2, -0.15) is 0 Å². The summed E-state index contributed by atoms with van der Waals surface area (Å²) in [5.74, 6) is -0.313. The van der Waals surface area contributed by atoms with E-state index in [9.17, 15) is 4.79 Å². The van der Waals surface area contributed by atoms with E-state index in [2.05, 4.69) is 4.98 Å². The van der Waals surface area contributed by atoms with Gasteiger partial charge in [0.05, 0.1) is 7.11 Å². The summed E-state index contributed by atoms with van der Waals surface area (Å²) < 4.78 is 6.69. The number of carbonyl (C=O) groups is 1. The summed E-state index contributed by atoms with van der Waals surface area (Å²) in [4.78, 5) is 15.6. The molecule has 0 atom stereocenters. The van der Waals surface area contributed by atoms with Crippen LogP contribution in [0.2, 0.25) is 0 Å². The molecule has 17 heavy (non-hydrogen) atoms. The van der Waals surface area contributed by atoms with Crippen LogP contribution in [0, 0.1) is 6.92 Å². The highest BCUT2D eigenvalue weighted by atomic mass is 16.5. The van der Waals surface area contributed by atoms with Crippen molar-refractivity contribution in [1.82, 2.24) is 9.55 Å². The van der Waals surface area contributed by atoms with Crippen LogP contribution in [-0.4, -0.2) is 22.6 Å². The van der Waals surface area contributed by atoms with Gasteiger partial charge in [0, 0.05) is 24.6 Å². The summed E-state index contributed by atoms with van der Waals surface area (Å²) in [6.07, 6.45) is 3.48. The van der Waals surface area contributed by atoms with E-state index in [4.69, 9.17) is 4.74 Å². The van der Waals surface area contributed by atoms with Gasteiger partial charge in [0.2, 0.25) is 0 Å². The van der Waals surface area contributed by atoms with Gasteiger partial charge in [-0.05, 0) is 36.8 Å². The Bertz CT molecular complexity index is 517. The molecule has 2 heterocycles. The van der Waals surface area contributed by atoms with E-state index in [1.165, 1.54) is 7.11 Å². The number of esters is 1. The Morgan fingerprint density at radius 1 is 1.29 bits per heavy atom. The lowest BCUT2D eigenvalue weighted by Gasteiger charge is -2.10. The lowest BCUT2D eigenvalue weighted by atomic mass is 10.2. The third-order valence-electron chi connectivity index (χ3n) is 2.68. The Labute approximate surface area is 99.9 Å². The lowest BCUT2D eigenvalue weighted by Crippen LogP contribution is -2.12. The Kier molecular flexibility index (Phi) is 3.23. The van der Waals surface area contributed by atoms with Crippen molar-refractivity contribution in [3.63, 3.8) is 0 Å². The minimum atomic E-state index is -0.313. The van der Waals surface area contributed by atoms with Crippen molar-refractivity contribution < 1.29 is 9.53 Å². The minimum Gasteiger partial charge on any atom is -0.464 e. The number of hydrogen-bond acceptors (Lipinski definition) is 3. The predicted octanol–water partition coefficient (Wildman–Crippen LogP) is 2.03. The van der Waals surface area contributed by atoms with E-state index in [0.717, 1.165) is 11.3 Å². The number of aromatic nitrogens is 2. The van der Waals surface area contributed by atoms with Crippen LogP contribution < -0.4 is 0 Å². The molecule has 2 rings (SSSR count). The highest BCUT2D eigenvalue weighted by Crippen LogP contribution is 2.12. The maximum atomic E-state index is 11.6. The van der Waals surface area contributed by atoms with Gasteiger partial charge >= 0.3 is 5.97 Å². The zero-order valence-corrected chi connectivity index (χ0v) is 9.88. The zero-order chi connectivity index (χ0) is 12.3. The van der Waals surface area contributed by atoms with E-state index in [1.807, 2.05) is 29.7 Å². The molecule has 0 unspecified atom stereocenters. The van der Waals surface area contributed by atoms with Gasteiger partial charge in [0.15, 0.2) is 0 Å². The van der Waals surface area contributed by atoms with Crippen LogP contribution in [0.3, 0.4) is 0 Å². The molecule has 88 valence electrons. The molecule has 0 aliphatic heterocycles. The molecule has 0 fully saturated rings. The highest BCUT2D eigenvalue weighted by molar-refractivity contribution is 5.87. The molecular weight excluding hydrogens is 216 g/mol. The summed E-state index contributed by atoms with van der Waals surface area (Å²) >= 11 is 0. The van der Waals surface area contributed by atoms with Gasteiger partial charge in [-0.1, -0.05) is 0 Å². The summed E-state index contributed by atoms with van der Waals surface area (Å²) in [5, 5.41) is 0. The second-order valence-corrected chi connectivity index (χ2v) is 3.79. The molecule has 0 spiro atoms. The second kappa shape index (κ2) is 4.82. The topological polar surface area (TPSA) is 44.1 Å². The molecule has 2 aromatic rings. The Balaban J connectivity index is 2.32. The predicted molar refractivity (Wildman–Crippen MR) is 63.8 cm³/mol. The first-order valence-electron chi connectivity index (χ1n) is 5.35. The maximum Gasteiger partial charge on any atom is 0.354 e. The number of rotatable bonds is 3. The van der Waals surface area contributed by atoms with Crippen molar-refractivity contribution in [2.75, 3.05) is 7.11 Å². The molecule has 2 aromatic heterocycles. The number of aryl methyl sites for hydroxylation is 1. The summed E-state index contributed by atoms with van der Waals surface area (Å²) in [5.41, 5.74) is 2.70. The molecule has 4 nitrogen and oxygen atoms in total. The van der Waals surface area contributed by atoms with E-state index in [1.54, 1.807) is 18.5 Å². The van der Waals surface area contributed by atoms with Crippen LogP contribution in [0.5, 0.6) is 0 Å². The van der Waals surface area contributed by atoms with Gasteiger partial charge in [-0.15, -0.1) is 0 Å². The van der Waals surface area contributed by atoms with Crippen LogP contribution in [-0.2, 0) is 11.3 Å². The highest BCUT2D eigenvalue weighted by Gasteiger charge is 2.13. The fraction of sp³-hybridized carbons (Fsp3) is 0.231. The first-order valence-corrected chi connectivity index (χ1v) is 5.35. The van der Waals surface area contributed by atoms with Crippen molar-refractivity contribution in [3.8, 4) is 0 Å². The van der Waals surface area contributed by atoms with E-state index in [0.29, 0.717) is 12.2 Å². The molecule has 0 aliphatic carbocycles. The maximum absolute atomic E-state index is 11.6. The number of ether oxygens (including phenoxy) is 1. The van der Waals surface area contributed by atoms with Crippen molar-refractivity contribution in [1.29, 1.82) is 0 Å². The van der Waals surface area contributed by atoms with Gasteiger partial charge in [0.25, 0.3) is 0 Å². The normalized spacial score (nSPS) is 10.2. The Morgan fingerprint density at radius 3 is 2.65 bits per heavy atom. The van der Waals surface area contributed by atoms with Crippen LogP contribution in [0.15, 0.2) is 36.7 Å². The van der Waals surface area contributed by atoms with Gasteiger partial charge in [0.1, 0.15) is 5.69 Å². The molecule has 0 saturated heterocycles. The largest absolute Gasteiger partial charge is 0.464 e. The minimum absolute atomic E-state index is 0.313. The average Bonchev–Trinajstić information content (AvgIpc) is 2.72. The Morgan fingerprint density at radius 2 is 2.00 bits per heavy atom. The molecule has 0 aromatic carbocycles. The molecular formula is C13H14N2O2. The second-order valence-electron chi connectivity index (χ2n) is 3.79. The molecule has 0 aliphatic rings. The van der Waals surface area contributed by atoms with E-state index in [-0.39, 0.29) is 5.97 Å². The fourth-order valence-electron chi connectivity index (χ4n) is 1.73. The van der Waals surface area contributed by atoms with Gasteiger partial charge < -0.3 is 9.30 Å². The van der Waals surface area contributed by atoms with Crippen LogP contribution in [0.1, 0.15) is 21.7 Å². The molecule has 0 N–H and O–H groups in total. The monoisotopic (exact) mass is 230 g/mol. The fourth-order valence-corrected chi connectivity index (χ4v) is 1.73. The molecule has 0 radical (unpaired) electrons. The zero-order valence-electron chi connectivity index (χ0n) is 9.88. The molecule has 0 bridgehead atoms. The van der Waals surface area contributed by atoms with E-state index < -0.39 is 0 Å². The van der Waals surface area contributed by atoms with Crippen LogP contribution in [0.25, 0.3) is 0 Å². The molecule has 4 heteroatoms. The van der Waals surface area contributed by atoms with Crippen LogP contribution in [0.4, 0.5) is 0 Å². The standard InChI is InChI=1S/C13H14N2O2/c1-10-3-4-12(13(16)17-2)15(10)9-11-5-7-14-8-6-11/h3-8H,9H2,1-2H3. The number of pyridine rings is 1. The average molecular weight is 230 g/mol. The first kappa shape index (κ1) is 11.4. The SMILES string of the molecule is COC(=O)c1ccc(C)n1Cc1ccncc1. The summed E-state index contributed by atoms with van der Waals surface area (Å²) in [7, 11) is 1.39. The Hall–Kier alpha value is -2.10. The summed E-state index contributed by atoms with van der Waals surface area (Å²) in [6.45, 7) is 2.61. The molecule has 0 saturated carbocycles. The van der Waals surface area contributed by atoms with Crippen LogP contribution >= 0.6 is 0 Å².